The van der Waals surface area contributed by atoms with Crippen LogP contribution in [0.1, 0.15) is 94.5 Å². The van der Waals surface area contributed by atoms with Gasteiger partial charge < -0.3 is 24.8 Å². The zero-order valence-electron chi connectivity index (χ0n) is 38.0. The quantitative estimate of drug-likeness (QED) is 0.105. The summed E-state index contributed by atoms with van der Waals surface area (Å²) < 4.78 is 2.83. The molecule has 0 aliphatic rings. The van der Waals surface area contributed by atoms with E-state index in [4.69, 9.17) is 0 Å². The van der Waals surface area contributed by atoms with Gasteiger partial charge in [0.1, 0.15) is 0 Å². The zero-order valence-corrected chi connectivity index (χ0v) is 42.6. The average Bonchev–Trinajstić information content (AvgIpc) is 3.77. The van der Waals surface area contributed by atoms with Crippen molar-refractivity contribution in [2.75, 3.05) is 0 Å². The van der Waals surface area contributed by atoms with Crippen LogP contribution >= 0.6 is 0 Å². The molecule has 304 valence electrons. The van der Waals surface area contributed by atoms with Crippen LogP contribution in [-0.2, 0) is 39.9 Å². The smallest absolute Gasteiger partial charge is 0.0414 e. The predicted octanol–water partition coefficient (Wildman–Crippen LogP) is 9.43. The number of hydrogen-bond donors (Lipinski definition) is 0. The zero-order chi connectivity index (χ0) is 42.0. The molecule has 58 heavy (non-hydrogen) atoms. The molecule has 0 aliphatic carbocycles. The summed E-state index contributed by atoms with van der Waals surface area (Å²) in [6.45, 7) is 34.3. The van der Waals surface area contributed by atoms with Crippen molar-refractivity contribution in [3.8, 4) is 0 Å². The molecule has 8 rings (SSSR count). The Kier molecular flexibility index (Phi) is 22.3. The van der Waals surface area contributed by atoms with E-state index in [0.717, 1.165) is 0 Å². The van der Waals surface area contributed by atoms with Crippen LogP contribution in [-0.4, -0.2) is 7.62 Å². The second kappa shape index (κ2) is 24.4. The number of fused-ring (bicyclic) bond motifs is 4. The molecule has 0 saturated heterocycles. The van der Waals surface area contributed by atoms with Crippen molar-refractivity contribution in [3.05, 3.63) is 164 Å². The van der Waals surface area contributed by atoms with Crippen molar-refractivity contribution in [1.29, 1.82) is 0 Å². The third-order valence-corrected chi connectivity index (χ3v) is 10.3. The van der Waals surface area contributed by atoms with E-state index in [1.54, 1.807) is 0 Å². The van der Waals surface area contributed by atoms with Crippen molar-refractivity contribution in [1.82, 2.24) is 0 Å². The molecule has 0 saturated carbocycles. The molecule has 0 aromatic heterocycles. The van der Waals surface area contributed by atoms with E-state index in [-0.39, 0.29) is 24.8 Å². The summed E-state index contributed by atoms with van der Waals surface area (Å²) >= 11 is 4.17. The molecule has 0 aliphatic heterocycles. The Morgan fingerprint density at radius 2 is 0.483 bits per heavy atom. The van der Waals surface area contributed by atoms with E-state index in [2.05, 4.69) is 248 Å². The first kappa shape index (κ1) is 53.1. The van der Waals surface area contributed by atoms with Crippen molar-refractivity contribution < 1.29 is 64.8 Å². The Morgan fingerprint density at radius 1 is 0.328 bits per heavy atom. The fraction of sp³-hybridized carbons (Fsp3) is 0.296. The average molecular weight is 880 g/mol. The van der Waals surface area contributed by atoms with Gasteiger partial charge in [-0.15, -0.1) is 162 Å². The summed E-state index contributed by atoms with van der Waals surface area (Å²) in [5.74, 6) is 0. The molecule has 0 unspecified atom stereocenters. The number of hydrogen-bond acceptors (Lipinski definition) is 0. The van der Waals surface area contributed by atoms with Gasteiger partial charge in [-0.3, -0.25) is 0 Å². The van der Waals surface area contributed by atoms with Gasteiger partial charge in [0.2, 0.25) is 0 Å². The van der Waals surface area contributed by atoms with Gasteiger partial charge in [-0.2, -0.15) is 22.3 Å². The summed E-state index contributed by atoms with van der Waals surface area (Å²) in [4.78, 5) is 0. The van der Waals surface area contributed by atoms with Crippen molar-refractivity contribution in [3.63, 3.8) is 0 Å². The Labute approximate surface area is 386 Å². The first-order chi connectivity index (χ1) is 26.2. The van der Waals surface area contributed by atoms with E-state index < -0.39 is 0 Å². The second-order valence-corrected chi connectivity index (χ2v) is 19.3. The Balaban J connectivity index is 0.000000360. The number of halogens is 2. The molecule has 8 aromatic rings. The molecule has 0 bridgehead atoms. The molecular formula is C54H64Cl2Ti2-2. The van der Waals surface area contributed by atoms with Crippen LogP contribution in [0.15, 0.2) is 97.1 Å². The van der Waals surface area contributed by atoms with E-state index >= 15 is 0 Å². The molecule has 0 spiro atoms. The monoisotopic (exact) mass is 878 g/mol. The third-order valence-electron chi connectivity index (χ3n) is 10.3. The van der Waals surface area contributed by atoms with Crippen molar-refractivity contribution >= 4 is 50.7 Å². The van der Waals surface area contributed by atoms with Gasteiger partial charge in [0.25, 0.3) is 0 Å². The minimum absolute atomic E-state index is 0. The first-order valence-corrected chi connectivity index (χ1v) is 21.3. The van der Waals surface area contributed by atoms with Crippen LogP contribution in [0.5, 0.6) is 0 Å². The summed E-state index contributed by atoms with van der Waals surface area (Å²) in [6, 6.07) is 35.5. The normalized spacial score (nSPS) is 10.0. The summed E-state index contributed by atoms with van der Waals surface area (Å²) in [5, 5.41) is 11.1. The molecule has 0 N–H and O–H groups in total. The van der Waals surface area contributed by atoms with E-state index in [1.807, 2.05) is 0 Å². The maximum Gasteiger partial charge on any atom is -0.0414 e. The van der Waals surface area contributed by atoms with Crippen LogP contribution in [0.25, 0.3) is 43.1 Å². The van der Waals surface area contributed by atoms with Gasteiger partial charge in [0.05, 0.1) is 0 Å². The first-order valence-electron chi connectivity index (χ1n) is 19.8. The second-order valence-electron chi connectivity index (χ2n) is 16.2. The molecule has 4 heteroatoms. The predicted molar refractivity (Wildman–Crippen MR) is 248 cm³/mol. The summed E-state index contributed by atoms with van der Waals surface area (Å²) in [5.41, 5.74) is 16.7. The Morgan fingerprint density at radius 3 is 0.638 bits per heavy atom. The Bertz CT molecular complexity index is 2220. The minimum Gasteiger partial charge on any atom is -1.00 e. The number of aryl methyl sites for hydroxylation is 12. The fourth-order valence-corrected chi connectivity index (χ4v) is 6.70. The molecule has 0 nitrogen and oxygen atoms in total. The maximum absolute atomic E-state index is 2.26. The van der Waals surface area contributed by atoms with Crippen molar-refractivity contribution in [2.24, 2.45) is 0 Å². The molecular weight excluding hydrogens is 815 g/mol. The third kappa shape index (κ3) is 15.3. The molecule has 0 fully saturated rings. The van der Waals surface area contributed by atoms with Crippen LogP contribution in [0.2, 0.25) is 0 Å². The number of benzene rings is 4. The van der Waals surface area contributed by atoms with Crippen LogP contribution in [0.4, 0.5) is 0 Å². The van der Waals surface area contributed by atoms with Gasteiger partial charge >= 0.3 is 75.3 Å². The largest absolute Gasteiger partial charge is 1.00 e. The summed E-state index contributed by atoms with van der Waals surface area (Å²) in [6.07, 6.45) is 0. The van der Waals surface area contributed by atoms with Gasteiger partial charge in [-0.1, -0.05) is 77.6 Å². The topological polar surface area (TPSA) is 0 Å². The van der Waals surface area contributed by atoms with Gasteiger partial charge in [-0.25, -0.2) is 0 Å². The standard InChI is InChI=1S/4C12H13.2C3H6.2ClH.2Ti/c4*1-8-4-5-11-7-9(2)10(3)12(11)6-8;2*1-3-2;;;;/h4*4-7H,1-3H3;2*1-2H3;2*1H;;/q4*-1;;;;;2*+2/p-2. The molecule has 0 amide bonds. The Hall–Kier alpha value is -2.93. The van der Waals surface area contributed by atoms with Crippen LogP contribution in [0.3, 0.4) is 0 Å². The minimum atomic E-state index is 0. The van der Waals surface area contributed by atoms with E-state index in [0.29, 0.717) is 0 Å². The van der Waals surface area contributed by atoms with E-state index in [9.17, 15) is 0 Å². The number of rotatable bonds is 0. The van der Waals surface area contributed by atoms with Crippen LogP contribution in [0, 0.1) is 83.1 Å². The van der Waals surface area contributed by atoms with Crippen LogP contribution < -0.4 is 24.8 Å². The molecule has 0 radical (unpaired) electrons. The fourth-order valence-electron chi connectivity index (χ4n) is 6.70. The molecule has 8 aromatic carbocycles. The molecule has 0 atom stereocenters. The van der Waals surface area contributed by atoms with Gasteiger partial charge in [0, 0.05) is 0 Å². The summed E-state index contributed by atoms with van der Waals surface area (Å²) in [7, 11) is 0. The van der Waals surface area contributed by atoms with Crippen molar-refractivity contribution in [2.45, 2.75) is 111 Å². The SMILES string of the molecule is C[C](C)=[Ti+2].C[C](C)=[Ti+2].Cc1ccc2[cH-]c(C)c(C)c2c1.Cc1ccc2[cH-]c(C)c(C)c2c1.Cc1ccc2[cH-]c(C)c(C)c2c1.Cc1ccc2[cH-]c(C)c(C)c2c1.[Cl-].[Cl-]. The molecule has 0 heterocycles. The van der Waals surface area contributed by atoms with Gasteiger partial charge in [-0.05, 0) is 27.7 Å². The van der Waals surface area contributed by atoms with E-state index in [1.165, 1.54) is 117 Å². The van der Waals surface area contributed by atoms with Gasteiger partial charge in [0.15, 0.2) is 0 Å². The maximum atomic E-state index is 2.26.